The molecular formula is C20H21N3O5S. The summed E-state index contributed by atoms with van der Waals surface area (Å²) in [5.41, 5.74) is 1.10. The lowest BCUT2D eigenvalue weighted by Gasteiger charge is -2.21. The van der Waals surface area contributed by atoms with Crippen molar-refractivity contribution in [2.24, 2.45) is 4.99 Å². The van der Waals surface area contributed by atoms with E-state index in [9.17, 15) is 18.0 Å². The molecule has 1 N–H and O–H groups in total. The number of carbonyl (C=O) groups excluding carboxylic acids is 2. The van der Waals surface area contributed by atoms with Crippen LogP contribution in [0.15, 0.2) is 64.5 Å². The first kappa shape index (κ1) is 20.5. The zero-order chi connectivity index (χ0) is 21.0. The number of amidine groups is 1. The minimum Gasteiger partial charge on any atom is -0.454 e. The van der Waals surface area contributed by atoms with E-state index >= 15 is 0 Å². The van der Waals surface area contributed by atoms with Crippen molar-refractivity contribution >= 4 is 33.4 Å². The maximum Gasteiger partial charge on any atom is 0.331 e. The number of amides is 1. The first-order valence-electron chi connectivity index (χ1n) is 9.05. The molecule has 3 rings (SSSR count). The maximum absolute atomic E-state index is 12.4. The lowest BCUT2D eigenvalue weighted by Crippen LogP contribution is -2.35. The van der Waals surface area contributed by atoms with Gasteiger partial charge in [-0.3, -0.25) is 14.5 Å². The largest absolute Gasteiger partial charge is 0.454 e. The van der Waals surface area contributed by atoms with E-state index in [1.807, 2.05) is 25.1 Å². The number of esters is 1. The number of likely N-dealkylation sites (N-methyl/N-ethyl adjacent to an activating group) is 1. The van der Waals surface area contributed by atoms with Gasteiger partial charge >= 0.3 is 5.97 Å². The summed E-state index contributed by atoms with van der Waals surface area (Å²) >= 11 is 0. The van der Waals surface area contributed by atoms with Gasteiger partial charge in [0.2, 0.25) is 0 Å². The number of hydrogen-bond donors (Lipinski definition) is 1. The van der Waals surface area contributed by atoms with Crippen LogP contribution < -0.4 is 9.62 Å². The van der Waals surface area contributed by atoms with E-state index in [-0.39, 0.29) is 16.6 Å². The second kappa shape index (κ2) is 8.44. The highest BCUT2D eigenvalue weighted by Crippen LogP contribution is 2.22. The van der Waals surface area contributed by atoms with Gasteiger partial charge < -0.3 is 9.64 Å². The number of ether oxygens (including phenoxy) is 1. The molecule has 1 unspecified atom stereocenters. The SMILES string of the molecule is CCN(C(=O)COC(=O)C(C)N=C1NS(=O)(=O)c2ccccc21)c1ccccc1. The number of hydrogen-bond acceptors (Lipinski definition) is 6. The van der Waals surface area contributed by atoms with Gasteiger partial charge in [0.15, 0.2) is 6.61 Å². The fourth-order valence-electron chi connectivity index (χ4n) is 2.92. The van der Waals surface area contributed by atoms with Crippen molar-refractivity contribution in [2.75, 3.05) is 18.1 Å². The molecule has 1 heterocycles. The Balaban J connectivity index is 1.66. The van der Waals surface area contributed by atoms with Crippen molar-refractivity contribution in [2.45, 2.75) is 24.8 Å². The monoisotopic (exact) mass is 415 g/mol. The zero-order valence-corrected chi connectivity index (χ0v) is 16.8. The van der Waals surface area contributed by atoms with Gasteiger partial charge in [0, 0.05) is 17.8 Å². The number of benzene rings is 2. The molecule has 0 saturated carbocycles. The third kappa shape index (κ3) is 4.45. The van der Waals surface area contributed by atoms with Gasteiger partial charge in [-0.15, -0.1) is 0 Å². The van der Waals surface area contributed by atoms with E-state index < -0.39 is 28.6 Å². The number of sulfonamides is 1. The fourth-order valence-corrected chi connectivity index (χ4v) is 4.16. The summed E-state index contributed by atoms with van der Waals surface area (Å²) in [6.07, 6.45) is 0. The third-order valence-electron chi connectivity index (χ3n) is 4.35. The van der Waals surface area contributed by atoms with Gasteiger partial charge in [-0.2, -0.15) is 0 Å². The number of nitrogens with one attached hydrogen (secondary N) is 1. The fraction of sp³-hybridized carbons (Fsp3) is 0.250. The van der Waals surface area contributed by atoms with Crippen molar-refractivity contribution in [1.82, 2.24) is 4.72 Å². The molecule has 29 heavy (non-hydrogen) atoms. The van der Waals surface area contributed by atoms with Gasteiger partial charge in [-0.05, 0) is 38.1 Å². The Morgan fingerprint density at radius 2 is 1.76 bits per heavy atom. The Labute approximate surface area is 169 Å². The molecule has 0 fully saturated rings. The van der Waals surface area contributed by atoms with E-state index in [0.717, 1.165) is 0 Å². The molecular weight excluding hydrogens is 394 g/mol. The molecule has 0 aliphatic carbocycles. The number of anilines is 1. The number of nitrogens with zero attached hydrogens (tertiary/aromatic N) is 2. The minimum absolute atomic E-state index is 0.0795. The Morgan fingerprint density at radius 1 is 1.10 bits per heavy atom. The van der Waals surface area contributed by atoms with Crippen LogP contribution in [0.25, 0.3) is 0 Å². The summed E-state index contributed by atoms with van der Waals surface area (Å²) in [4.78, 5) is 30.4. The molecule has 2 aromatic carbocycles. The molecule has 152 valence electrons. The summed E-state index contributed by atoms with van der Waals surface area (Å²) < 4.78 is 31.7. The van der Waals surface area contributed by atoms with Crippen LogP contribution in [-0.4, -0.2) is 45.3 Å². The average Bonchev–Trinajstić information content (AvgIpc) is 2.97. The summed E-state index contributed by atoms with van der Waals surface area (Å²) in [6, 6.07) is 14.4. The molecule has 2 aromatic rings. The molecule has 0 radical (unpaired) electrons. The lowest BCUT2D eigenvalue weighted by atomic mass is 10.2. The van der Waals surface area contributed by atoms with Crippen LogP contribution in [-0.2, 0) is 24.3 Å². The Morgan fingerprint density at radius 3 is 2.45 bits per heavy atom. The summed E-state index contributed by atoms with van der Waals surface area (Å²) in [5.74, 6) is -1.01. The molecule has 8 nitrogen and oxygen atoms in total. The second-order valence-corrected chi connectivity index (χ2v) is 7.99. The van der Waals surface area contributed by atoms with Gasteiger partial charge in [-0.25, -0.2) is 13.2 Å². The van der Waals surface area contributed by atoms with Crippen molar-refractivity contribution in [3.05, 3.63) is 60.2 Å². The predicted molar refractivity (Wildman–Crippen MR) is 108 cm³/mol. The van der Waals surface area contributed by atoms with E-state index in [0.29, 0.717) is 17.8 Å². The zero-order valence-electron chi connectivity index (χ0n) is 16.0. The molecule has 1 aliphatic rings. The molecule has 1 aliphatic heterocycles. The van der Waals surface area contributed by atoms with E-state index in [1.165, 1.54) is 17.9 Å². The molecule has 1 amide bonds. The highest BCUT2D eigenvalue weighted by atomic mass is 32.2. The van der Waals surface area contributed by atoms with E-state index in [2.05, 4.69) is 9.71 Å². The lowest BCUT2D eigenvalue weighted by molar-refractivity contribution is -0.148. The van der Waals surface area contributed by atoms with Gasteiger partial charge in [0.25, 0.3) is 15.9 Å². The number of aliphatic imine (C=N–C) groups is 1. The Bertz CT molecular complexity index is 1050. The van der Waals surface area contributed by atoms with Crippen molar-refractivity contribution in [3.8, 4) is 0 Å². The van der Waals surface area contributed by atoms with E-state index in [4.69, 9.17) is 4.74 Å². The third-order valence-corrected chi connectivity index (χ3v) is 5.75. The highest BCUT2D eigenvalue weighted by molar-refractivity contribution is 7.90. The van der Waals surface area contributed by atoms with Crippen LogP contribution in [0.5, 0.6) is 0 Å². The van der Waals surface area contributed by atoms with Gasteiger partial charge in [-0.1, -0.05) is 30.3 Å². The van der Waals surface area contributed by atoms with Gasteiger partial charge in [0.1, 0.15) is 11.9 Å². The second-order valence-electron chi connectivity index (χ2n) is 6.34. The Kier molecular flexibility index (Phi) is 5.97. The molecule has 1 atom stereocenters. The minimum atomic E-state index is -3.69. The molecule has 0 bridgehead atoms. The van der Waals surface area contributed by atoms with Crippen LogP contribution in [0.4, 0.5) is 5.69 Å². The molecule has 9 heteroatoms. The van der Waals surface area contributed by atoms with Crippen LogP contribution in [0, 0.1) is 0 Å². The summed E-state index contributed by atoms with van der Waals surface area (Å²) in [5, 5.41) is 0. The van der Waals surface area contributed by atoms with Crippen molar-refractivity contribution < 1.29 is 22.7 Å². The smallest absolute Gasteiger partial charge is 0.331 e. The standard InChI is InChI=1S/C20H21N3O5S/c1-3-23(15-9-5-4-6-10-15)18(24)13-28-20(25)14(2)21-19-16-11-7-8-12-17(16)29(26,27)22-19/h4-12,14H,3,13H2,1-2H3,(H,21,22). The Hall–Kier alpha value is -3.20. The molecule has 0 aromatic heterocycles. The number of rotatable bonds is 6. The first-order valence-corrected chi connectivity index (χ1v) is 10.5. The summed E-state index contributed by atoms with van der Waals surface area (Å²) in [7, 11) is -3.69. The van der Waals surface area contributed by atoms with Crippen LogP contribution in [0.1, 0.15) is 19.4 Å². The average molecular weight is 415 g/mol. The normalized spacial score (nSPS) is 16.6. The van der Waals surface area contributed by atoms with Crippen LogP contribution in [0.3, 0.4) is 0 Å². The molecule has 0 saturated heterocycles. The molecule has 0 spiro atoms. The highest BCUT2D eigenvalue weighted by Gasteiger charge is 2.31. The van der Waals surface area contributed by atoms with Crippen LogP contribution in [0.2, 0.25) is 0 Å². The van der Waals surface area contributed by atoms with Crippen LogP contribution >= 0.6 is 0 Å². The summed E-state index contributed by atoms with van der Waals surface area (Å²) in [6.45, 7) is 3.30. The first-order chi connectivity index (χ1) is 13.8. The topological polar surface area (TPSA) is 105 Å². The van der Waals surface area contributed by atoms with Crippen molar-refractivity contribution in [1.29, 1.82) is 0 Å². The van der Waals surface area contributed by atoms with Gasteiger partial charge in [0.05, 0.1) is 4.90 Å². The van der Waals surface area contributed by atoms with Crippen molar-refractivity contribution in [3.63, 3.8) is 0 Å². The predicted octanol–water partition coefficient (Wildman–Crippen LogP) is 1.71. The van der Waals surface area contributed by atoms with E-state index in [1.54, 1.807) is 30.3 Å². The number of carbonyl (C=O) groups is 2. The number of fused-ring (bicyclic) bond motifs is 1. The quantitative estimate of drug-likeness (QED) is 0.723. The maximum atomic E-state index is 12.4. The number of para-hydroxylation sites is 1.